The Morgan fingerprint density at radius 2 is 1.52 bits per heavy atom. The standard InChI is InChI=1S/C19H15N3O5/c23-18(15-9-5-2-6-10-15)20-17-13-19(21(24)25,22(26)27)12-11-16(17)14-7-3-1-4-8-14/h1-12,16H,13H2/b20-17-. The van der Waals surface area contributed by atoms with Gasteiger partial charge in [0.1, 0.15) is 16.3 Å². The number of rotatable bonds is 4. The van der Waals surface area contributed by atoms with Crippen LogP contribution in [0.5, 0.6) is 0 Å². The van der Waals surface area contributed by atoms with Gasteiger partial charge in [0.2, 0.25) is 0 Å². The third kappa shape index (κ3) is 3.50. The molecule has 1 aliphatic carbocycles. The van der Waals surface area contributed by atoms with Crippen LogP contribution in [0, 0.1) is 20.2 Å². The highest BCUT2D eigenvalue weighted by molar-refractivity contribution is 6.07. The van der Waals surface area contributed by atoms with E-state index < -0.39 is 33.8 Å². The lowest BCUT2D eigenvalue weighted by Crippen LogP contribution is -2.49. The van der Waals surface area contributed by atoms with Crippen LogP contribution in [0.4, 0.5) is 0 Å². The number of aliphatic imine (C=N–C) groups is 1. The molecule has 0 bridgehead atoms. The van der Waals surface area contributed by atoms with Crippen molar-refractivity contribution in [2.45, 2.75) is 18.0 Å². The molecule has 0 N–H and O–H groups in total. The summed E-state index contributed by atoms with van der Waals surface area (Å²) in [5.74, 6) is -1.14. The van der Waals surface area contributed by atoms with Crippen molar-refractivity contribution >= 4 is 11.6 Å². The van der Waals surface area contributed by atoms with Gasteiger partial charge in [0, 0.05) is 17.2 Å². The molecule has 27 heavy (non-hydrogen) atoms. The number of hydrogen-bond acceptors (Lipinski definition) is 5. The largest absolute Gasteiger partial charge is 0.482 e. The second-order valence-corrected chi connectivity index (χ2v) is 6.09. The van der Waals surface area contributed by atoms with Gasteiger partial charge in [-0.1, -0.05) is 54.6 Å². The van der Waals surface area contributed by atoms with Crippen molar-refractivity contribution in [1.82, 2.24) is 0 Å². The van der Waals surface area contributed by atoms with Crippen LogP contribution in [0.1, 0.15) is 28.3 Å². The Balaban J connectivity index is 2.09. The van der Waals surface area contributed by atoms with E-state index in [0.29, 0.717) is 5.56 Å². The molecule has 8 nitrogen and oxygen atoms in total. The molecule has 3 rings (SSSR count). The molecule has 1 amide bonds. The first-order valence-corrected chi connectivity index (χ1v) is 8.14. The molecule has 0 aliphatic heterocycles. The number of amides is 1. The number of nitrogens with zero attached hydrogens (tertiary/aromatic N) is 3. The van der Waals surface area contributed by atoms with Gasteiger partial charge in [0.25, 0.3) is 5.91 Å². The van der Waals surface area contributed by atoms with Crippen LogP contribution in [-0.2, 0) is 0 Å². The average Bonchev–Trinajstić information content (AvgIpc) is 2.69. The van der Waals surface area contributed by atoms with Crippen molar-refractivity contribution < 1.29 is 14.6 Å². The molecule has 0 heterocycles. The normalized spacial score (nSPS) is 19.6. The molecule has 8 heteroatoms. The Bertz CT molecular complexity index is 924. The summed E-state index contributed by atoms with van der Waals surface area (Å²) in [4.78, 5) is 37.5. The summed E-state index contributed by atoms with van der Waals surface area (Å²) in [6, 6.07) is 17.1. The van der Waals surface area contributed by atoms with Crippen molar-refractivity contribution in [3.63, 3.8) is 0 Å². The molecule has 0 radical (unpaired) electrons. The summed E-state index contributed by atoms with van der Waals surface area (Å²) < 4.78 is 0. The quantitative estimate of drug-likeness (QED) is 0.357. The fraction of sp³-hybridized carbons (Fsp3) is 0.158. The molecule has 1 atom stereocenters. The minimum atomic E-state index is -2.53. The summed E-state index contributed by atoms with van der Waals surface area (Å²) in [5, 5.41) is 22.9. The molecule has 2 aromatic rings. The van der Waals surface area contributed by atoms with Gasteiger partial charge < -0.3 is 0 Å². The Morgan fingerprint density at radius 1 is 0.963 bits per heavy atom. The minimum absolute atomic E-state index is 0.0888. The van der Waals surface area contributed by atoms with E-state index in [1.54, 1.807) is 60.7 Å². The Labute approximate surface area is 154 Å². The second-order valence-electron chi connectivity index (χ2n) is 6.09. The predicted octanol–water partition coefficient (Wildman–Crippen LogP) is 3.26. The number of hydrogen-bond donors (Lipinski definition) is 0. The second kappa shape index (κ2) is 7.28. The highest BCUT2D eigenvalue weighted by atomic mass is 16.7. The lowest BCUT2D eigenvalue weighted by Gasteiger charge is -2.24. The zero-order chi connectivity index (χ0) is 19.4. The van der Waals surface area contributed by atoms with Gasteiger partial charge in [-0.25, -0.2) is 4.99 Å². The molecular weight excluding hydrogens is 350 g/mol. The third-order valence-electron chi connectivity index (χ3n) is 4.41. The Morgan fingerprint density at radius 3 is 2.07 bits per heavy atom. The number of allylic oxidation sites excluding steroid dienone is 1. The van der Waals surface area contributed by atoms with Crippen molar-refractivity contribution in [3.05, 3.63) is 104 Å². The summed E-state index contributed by atoms with van der Waals surface area (Å²) in [6.07, 6.45) is 1.78. The predicted molar refractivity (Wildman–Crippen MR) is 97.9 cm³/mol. The summed E-state index contributed by atoms with van der Waals surface area (Å²) in [6.45, 7) is 0. The topological polar surface area (TPSA) is 116 Å². The summed E-state index contributed by atoms with van der Waals surface area (Å²) in [7, 11) is 0. The molecular formula is C19H15N3O5. The highest BCUT2D eigenvalue weighted by Gasteiger charge is 2.57. The Hall–Kier alpha value is -3.68. The smallest absolute Gasteiger partial charge is 0.267 e. The Kier molecular flexibility index (Phi) is 4.89. The van der Waals surface area contributed by atoms with Crippen LogP contribution >= 0.6 is 0 Å². The molecule has 0 aromatic heterocycles. The number of carbonyl (C=O) groups is 1. The van der Waals surface area contributed by atoms with E-state index in [-0.39, 0.29) is 5.71 Å². The van der Waals surface area contributed by atoms with Gasteiger partial charge in [-0.05, 0) is 17.7 Å². The van der Waals surface area contributed by atoms with Crippen LogP contribution in [0.3, 0.4) is 0 Å². The third-order valence-corrected chi connectivity index (χ3v) is 4.41. The maximum Gasteiger partial charge on any atom is 0.482 e. The molecule has 136 valence electrons. The number of nitro groups is 2. The summed E-state index contributed by atoms with van der Waals surface area (Å²) in [5.41, 5.74) is -1.39. The fourth-order valence-electron chi connectivity index (χ4n) is 2.96. The average molecular weight is 365 g/mol. The van der Waals surface area contributed by atoms with Gasteiger partial charge in [0.15, 0.2) is 0 Å². The van der Waals surface area contributed by atoms with Crippen LogP contribution < -0.4 is 0 Å². The van der Waals surface area contributed by atoms with E-state index in [1.165, 1.54) is 6.08 Å². The van der Waals surface area contributed by atoms with E-state index in [4.69, 9.17) is 0 Å². The van der Waals surface area contributed by atoms with Gasteiger partial charge >= 0.3 is 5.66 Å². The molecule has 0 saturated heterocycles. The molecule has 2 aromatic carbocycles. The fourth-order valence-corrected chi connectivity index (χ4v) is 2.96. The zero-order valence-electron chi connectivity index (χ0n) is 14.1. The van der Waals surface area contributed by atoms with Crippen LogP contribution in [0.25, 0.3) is 0 Å². The van der Waals surface area contributed by atoms with Gasteiger partial charge in [-0.3, -0.25) is 25.0 Å². The summed E-state index contributed by atoms with van der Waals surface area (Å²) >= 11 is 0. The van der Waals surface area contributed by atoms with Crippen molar-refractivity contribution in [1.29, 1.82) is 0 Å². The van der Waals surface area contributed by atoms with E-state index in [2.05, 4.69) is 4.99 Å². The molecule has 1 unspecified atom stereocenters. The van der Waals surface area contributed by atoms with E-state index in [9.17, 15) is 25.0 Å². The maximum absolute atomic E-state index is 12.5. The molecule has 0 spiro atoms. The number of carbonyl (C=O) groups excluding carboxylic acids is 1. The monoisotopic (exact) mass is 365 g/mol. The van der Waals surface area contributed by atoms with Crippen LogP contribution in [0.2, 0.25) is 0 Å². The van der Waals surface area contributed by atoms with E-state index in [0.717, 1.165) is 11.6 Å². The lowest BCUT2D eigenvalue weighted by molar-refractivity contribution is -0.779. The van der Waals surface area contributed by atoms with E-state index in [1.807, 2.05) is 0 Å². The van der Waals surface area contributed by atoms with Gasteiger partial charge in [-0.2, -0.15) is 0 Å². The van der Waals surface area contributed by atoms with Gasteiger partial charge in [0.05, 0.1) is 6.08 Å². The lowest BCUT2D eigenvalue weighted by atomic mass is 9.82. The first kappa shape index (κ1) is 18.1. The molecule has 0 fully saturated rings. The van der Waals surface area contributed by atoms with Crippen LogP contribution in [0.15, 0.2) is 77.8 Å². The van der Waals surface area contributed by atoms with Crippen molar-refractivity contribution in [3.8, 4) is 0 Å². The van der Waals surface area contributed by atoms with Crippen LogP contribution in [-0.4, -0.2) is 27.1 Å². The SMILES string of the molecule is O=C(/N=C1/CC([N+](=O)[O-])([N+](=O)[O-])C=CC1c1ccccc1)c1ccccc1. The zero-order valence-corrected chi connectivity index (χ0v) is 14.1. The van der Waals surface area contributed by atoms with Gasteiger partial charge in [-0.15, -0.1) is 0 Å². The maximum atomic E-state index is 12.5. The first-order valence-electron chi connectivity index (χ1n) is 8.14. The van der Waals surface area contributed by atoms with Crippen molar-refractivity contribution in [2.24, 2.45) is 4.99 Å². The minimum Gasteiger partial charge on any atom is -0.267 e. The van der Waals surface area contributed by atoms with Crippen molar-refractivity contribution in [2.75, 3.05) is 0 Å². The van der Waals surface area contributed by atoms with E-state index >= 15 is 0 Å². The molecule has 0 saturated carbocycles. The highest BCUT2D eigenvalue weighted by Crippen LogP contribution is 2.33. The first-order chi connectivity index (χ1) is 12.9. The number of benzene rings is 2. The molecule has 1 aliphatic rings.